The molecule has 3 nitrogen and oxygen atoms in total. The van der Waals surface area contributed by atoms with Gasteiger partial charge in [-0.05, 0) is 0 Å². The van der Waals surface area contributed by atoms with E-state index in [9.17, 15) is 4.79 Å². The van der Waals surface area contributed by atoms with Crippen LogP contribution in [0, 0.1) is 0 Å². The molecule has 0 aliphatic carbocycles. The average Bonchev–Trinajstić information content (AvgIpc) is 2.41. The molecular weight excluding hydrogens is 106 g/mol. The van der Waals surface area contributed by atoms with Crippen LogP contribution in [0.3, 0.4) is 0 Å². The van der Waals surface area contributed by atoms with E-state index in [0.29, 0.717) is 12.6 Å². The summed E-state index contributed by atoms with van der Waals surface area (Å²) in [5, 5.41) is 2.64. The van der Waals surface area contributed by atoms with Gasteiger partial charge in [-0.15, -0.1) is 0 Å². The SMILES string of the molecule is CC(=O)NC[C@@H]1CO1. The normalized spacial score (nSPS) is 24.9. The van der Waals surface area contributed by atoms with E-state index in [2.05, 4.69) is 5.32 Å². The van der Waals surface area contributed by atoms with Crippen molar-refractivity contribution in [3.8, 4) is 0 Å². The van der Waals surface area contributed by atoms with Crippen molar-refractivity contribution >= 4 is 5.91 Å². The number of ether oxygens (including phenoxy) is 1. The largest absolute Gasteiger partial charge is 0.371 e. The van der Waals surface area contributed by atoms with Crippen molar-refractivity contribution in [1.29, 1.82) is 0 Å². The molecular formula is C5H9NO2. The summed E-state index contributed by atoms with van der Waals surface area (Å²) in [5.74, 6) is 0.0144. The molecule has 0 aromatic carbocycles. The maximum absolute atomic E-state index is 10.2. The van der Waals surface area contributed by atoms with Crippen molar-refractivity contribution in [3.05, 3.63) is 0 Å². The Kier molecular flexibility index (Phi) is 1.48. The van der Waals surface area contributed by atoms with E-state index < -0.39 is 0 Å². The van der Waals surface area contributed by atoms with Crippen LogP contribution in [0.1, 0.15) is 6.92 Å². The van der Waals surface area contributed by atoms with Gasteiger partial charge >= 0.3 is 0 Å². The minimum atomic E-state index is 0.0144. The summed E-state index contributed by atoms with van der Waals surface area (Å²) in [4.78, 5) is 10.2. The molecule has 0 aromatic rings. The van der Waals surface area contributed by atoms with E-state index >= 15 is 0 Å². The summed E-state index contributed by atoms with van der Waals surface area (Å²) in [7, 11) is 0. The van der Waals surface area contributed by atoms with Gasteiger partial charge in [0.1, 0.15) is 0 Å². The lowest BCUT2D eigenvalue weighted by Crippen LogP contribution is -2.24. The second-order valence-electron chi connectivity index (χ2n) is 1.89. The molecule has 46 valence electrons. The minimum Gasteiger partial charge on any atom is -0.371 e. The Morgan fingerprint density at radius 3 is 3.00 bits per heavy atom. The van der Waals surface area contributed by atoms with E-state index in [0.717, 1.165) is 6.61 Å². The summed E-state index contributed by atoms with van der Waals surface area (Å²) in [6.07, 6.45) is 0.305. The summed E-state index contributed by atoms with van der Waals surface area (Å²) in [6, 6.07) is 0. The van der Waals surface area contributed by atoms with Gasteiger partial charge in [-0.1, -0.05) is 0 Å². The summed E-state index contributed by atoms with van der Waals surface area (Å²) in [5.41, 5.74) is 0. The number of rotatable bonds is 2. The lowest BCUT2D eigenvalue weighted by atomic mass is 10.5. The van der Waals surface area contributed by atoms with Crippen LogP contribution >= 0.6 is 0 Å². The molecule has 1 atom stereocenters. The number of carbonyl (C=O) groups is 1. The quantitative estimate of drug-likeness (QED) is 0.494. The average molecular weight is 115 g/mol. The van der Waals surface area contributed by atoms with E-state index in [-0.39, 0.29) is 5.91 Å². The van der Waals surface area contributed by atoms with Crippen LogP contribution in [0.2, 0.25) is 0 Å². The van der Waals surface area contributed by atoms with Crippen molar-refractivity contribution in [2.24, 2.45) is 0 Å². The summed E-state index contributed by atoms with van der Waals surface area (Å²) >= 11 is 0. The molecule has 1 N–H and O–H groups in total. The molecule has 0 bridgehead atoms. The molecule has 1 aliphatic rings. The Morgan fingerprint density at radius 1 is 2.00 bits per heavy atom. The topological polar surface area (TPSA) is 41.6 Å². The highest BCUT2D eigenvalue weighted by molar-refractivity contribution is 5.72. The van der Waals surface area contributed by atoms with Gasteiger partial charge in [0.15, 0.2) is 0 Å². The Balaban J connectivity index is 1.95. The van der Waals surface area contributed by atoms with Gasteiger partial charge in [-0.25, -0.2) is 0 Å². The third kappa shape index (κ3) is 1.93. The number of hydrogen-bond acceptors (Lipinski definition) is 2. The molecule has 1 aliphatic heterocycles. The van der Waals surface area contributed by atoms with Crippen LogP contribution in [0.5, 0.6) is 0 Å². The number of amides is 1. The van der Waals surface area contributed by atoms with Gasteiger partial charge in [0.2, 0.25) is 5.91 Å². The molecule has 0 radical (unpaired) electrons. The van der Waals surface area contributed by atoms with Crippen LogP contribution in [0.15, 0.2) is 0 Å². The van der Waals surface area contributed by atoms with Crippen LogP contribution in [-0.2, 0) is 9.53 Å². The maximum Gasteiger partial charge on any atom is 0.216 e. The maximum atomic E-state index is 10.2. The Bertz CT molecular complexity index is 98.6. The molecule has 0 saturated carbocycles. The highest BCUT2D eigenvalue weighted by Gasteiger charge is 2.21. The van der Waals surface area contributed by atoms with E-state index in [1.807, 2.05) is 0 Å². The smallest absolute Gasteiger partial charge is 0.216 e. The predicted octanol–water partition coefficient (Wildman–Crippen LogP) is -0.479. The number of carbonyl (C=O) groups excluding carboxylic acids is 1. The summed E-state index contributed by atoms with van der Waals surface area (Å²) < 4.78 is 4.84. The minimum absolute atomic E-state index is 0.0144. The van der Waals surface area contributed by atoms with E-state index in [4.69, 9.17) is 4.74 Å². The van der Waals surface area contributed by atoms with Crippen molar-refractivity contribution in [1.82, 2.24) is 5.32 Å². The summed E-state index contributed by atoms with van der Waals surface area (Å²) in [6.45, 7) is 2.98. The van der Waals surface area contributed by atoms with Gasteiger partial charge in [0.25, 0.3) is 0 Å². The fourth-order valence-corrected chi connectivity index (χ4v) is 0.443. The van der Waals surface area contributed by atoms with Crippen LogP contribution in [0.4, 0.5) is 0 Å². The zero-order valence-electron chi connectivity index (χ0n) is 4.81. The highest BCUT2D eigenvalue weighted by atomic mass is 16.6. The fourth-order valence-electron chi connectivity index (χ4n) is 0.443. The molecule has 1 saturated heterocycles. The molecule has 3 heteroatoms. The molecule has 1 rings (SSSR count). The van der Waals surface area contributed by atoms with Gasteiger partial charge in [0.05, 0.1) is 12.7 Å². The van der Waals surface area contributed by atoms with E-state index in [1.165, 1.54) is 6.92 Å². The molecule has 0 spiro atoms. The first-order valence-electron chi connectivity index (χ1n) is 2.65. The van der Waals surface area contributed by atoms with Gasteiger partial charge in [0, 0.05) is 13.5 Å². The first-order valence-corrected chi connectivity index (χ1v) is 2.65. The standard InChI is InChI=1S/C5H9NO2/c1-4(7)6-2-5-3-8-5/h5H,2-3H2,1H3,(H,6,7)/t5-/m1/s1. The zero-order valence-corrected chi connectivity index (χ0v) is 4.81. The first-order chi connectivity index (χ1) is 3.79. The number of hydrogen-bond donors (Lipinski definition) is 1. The fraction of sp³-hybridized carbons (Fsp3) is 0.800. The third-order valence-electron chi connectivity index (χ3n) is 0.981. The number of epoxide rings is 1. The Hall–Kier alpha value is -0.570. The van der Waals surface area contributed by atoms with Gasteiger partial charge in [-0.3, -0.25) is 4.79 Å². The van der Waals surface area contributed by atoms with Crippen molar-refractivity contribution in [2.75, 3.05) is 13.2 Å². The molecule has 0 unspecified atom stereocenters. The van der Waals surface area contributed by atoms with Gasteiger partial charge in [-0.2, -0.15) is 0 Å². The predicted molar refractivity (Wildman–Crippen MR) is 28.4 cm³/mol. The molecule has 1 amide bonds. The Labute approximate surface area is 48.0 Å². The van der Waals surface area contributed by atoms with Crippen LogP contribution < -0.4 is 5.32 Å². The van der Waals surface area contributed by atoms with E-state index in [1.54, 1.807) is 0 Å². The lowest BCUT2D eigenvalue weighted by molar-refractivity contribution is -0.119. The zero-order chi connectivity index (χ0) is 5.98. The first kappa shape index (κ1) is 5.56. The van der Waals surface area contributed by atoms with Gasteiger partial charge < -0.3 is 10.1 Å². The van der Waals surface area contributed by atoms with Crippen molar-refractivity contribution in [2.45, 2.75) is 13.0 Å². The second kappa shape index (κ2) is 2.13. The molecule has 1 heterocycles. The van der Waals surface area contributed by atoms with Crippen molar-refractivity contribution in [3.63, 3.8) is 0 Å². The molecule has 8 heavy (non-hydrogen) atoms. The van der Waals surface area contributed by atoms with Crippen LogP contribution in [-0.4, -0.2) is 25.2 Å². The second-order valence-corrected chi connectivity index (χ2v) is 1.89. The Morgan fingerprint density at radius 2 is 2.62 bits per heavy atom. The van der Waals surface area contributed by atoms with Crippen LogP contribution in [0.25, 0.3) is 0 Å². The van der Waals surface area contributed by atoms with Crippen molar-refractivity contribution < 1.29 is 9.53 Å². The molecule has 1 fully saturated rings. The molecule has 0 aromatic heterocycles. The monoisotopic (exact) mass is 115 g/mol. The highest BCUT2D eigenvalue weighted by Crippen LogP contribution is 2.05. The lowest BCUT2D eigenvalue weighted by Gasteiger charge is -1.93. The third-order valence-corrected chi connectivity index (χ3v) is 0.981. The number of nitrogens with one attached hydrogen (secondary N) is 1.